The molecule has 7 nitrogen and oxygen atoms in total. The van der Waals surface area contributed by atoms with Gasteiger partial charge in [-0.25, -0.2) is 4.79 Å². The Hall–Kier alpha value is -3.06. The summed E-state index contributed by atoms with van der Waals surface area (Å²) >= 11 is 6.01. The predicted octanol–water partition coefficient (Wildman–Crippen LogP) is 2.40. The number of rotatable bonds is 3. The second-order valence-electron chi connectivity index (χ2n) is 4.48. The Morgan fingerprint density at radius 3 is 2.35 bits per heavy atom. The number of amides is 3. The molecule has 2 rings (SSSR count). The van der Waals surface area contributed by atoms with E-state index in [1.54, 1.807) is 24.3 Å². The molecule has 0 aliphatic heterocycles. The Morgan fingerprint density at radius 2 is 1.70 bits per heavy atom. The van der Waals surface area contributed by atoms with Gasteiger partial charge in [0.2, 0.25) is 0 Å². The first-order valence-electron chi connectivity index (χ1n) is 6.52. The number of benzene rings is 2. The molecule has 23 heavy (non-hydrogen) atoms. The van der Waals surface area contributed by atoms with Crippen LogP contribution in [0.3, 0.4) is 0 Å². The van der Waals surface area contributed by atoms with E-state index in [4.69, 9.17) is 23.1 Å². The number of anilines is 2. The lowest BCUT2D eigenvalue weighted by Crippen LogP contribution is -2.24. The van der Waals surface area contributed by atoms with Crippen LogP contribution in [-0.4, -0.2) is 17.9 Å². The van der Waals surface area contributed by atoms with Gasteiger partial charge in [-0.05, 0) is 30.3 Å². The number of carbonyl (C=O) groups is 2. The molecule has 0 unspecified atom stereocenters. The number of nitrogens with two attached hydrogens (primary N) is 2. The summed E-state index contributed by atoms with van der Waals surface area (Å²) < 4.78 is 0. The summed E-state index contributed by atoms with van der Waals surface area (Å²) in [5.41, 5.74) is 11.4. The molecule has 0 saturated heterocycles. The smallest absolute Gasteiger partial charge is 0.323 e. The summed E-state index contributed by atoms with van der Waals surface area (Å²) in [6, 6.07) is 12.7. The fourth-order valence-electron chi connectivity index (χ4n) is 1.74. The van der Waals surface area contributed by atoms with Crippen molar-refractivity contribution in [2.24, 2.45) is 16.5 Å². The third-order valence-electron chi connectivity index (χ3n) is 2.72. The number of aliphatic imine (C=N–C) groups is 1. The number of hydrogen-bond donors (Lipinski definition) is 4. The number of nitrogens with one attached hydrogen (secondary N) is 2. The number of halogens is 1. The van der Waals surface area contributed by atoms with E-state index in [2.05, 4.69) is 15.6 Å². The van der Waals surface area contributed by atoms with Crippen LogP contribution in [0.4, 0.5) is 16.2 Å². The number of guanidine groups is 1. The molecule has 0 heterocycles. The van der Waals surface area contributed by atoms with Crippen LogP contribution in [0.1, 0.15) is 10.4 Å². The highest BCUT2D eigenvalue weighted by molar-refractivity contribution is 6.34. The lowest BCUT2D eigenvalue weighted by Gasteiger charge is -2.10. The van der Waals surface area contributed by atoms with Crippen LogP contribution in [0, 0.1) is 0 Å². The third-order valence-corrected chi connectivity index (χ3v) is 3.05. The summed E-state index contributed by atoms with van der Waals surface area (Å²) in [7, 11) is 0. The SMILES string of the molecule is NC(N)=NC(=O)c1ccc(Cl)c(NC(=O)Nc2ccccc2)c1. The lowest BCUT2D eigenvalue weighted by atomic mass is 10.2. The van der Waals surface area contributed by atoms with Gasteiger partial charge in [-0.15, -0.1) is 0 Å². The van der Waals surface area contributed by atoms with Crippen molar-refractivity contribution in [3.05, 3.63) is 59.1 Å². The maximum atomic E-state index is 12.0. The summed E-state index contributed by atoms with van der Waals surface area (Å²) in [6.45, 7) is 0. The maximum absolute atomic E-state index is 12.0. The zero-order chi connectivity index (χ0) is 16.8. The molecule has 0 radical (unpaired) electrons. The van der Waals surface area contributed by atoms with E-state index in [0.717, 1.165) is 0 Å². The van der Waals surface area contributed by atoms with E-state index < -0.39 is 11.9 Å². The van der Waals surface area contributed by atoms with Crippen molar-refractivity contribution in [1.82, 2.24) is 0 Å². The second-order valence-corrected chi connectivity index (χ2v) is 4.89. The Bertz CT molecular complexity index is 758. The number of urea groups is 1. The monoisotopic (exact) mass is 331 g/mol. The normalized spacial score (nSPS) is 9.78. The van der Waals surface area contributed by atoms with Gasteiger partial charge >= 0.3 is 6.03 Å². The van der Waals surface area contributed by atoms with Gasteiger partial charge in [0, 0.05) is 11.3 Å². The van der Waals surface area contributed by atoms with Gasteiger partial charge in [-0.1, -0.05) is 29.8 Å². The molecule has 8 heteroatoms. The van der Waals surface area contributed by atoms with E-state index in [0.29, 0.717) is 5.69 Å². The molecule has 118 valence electrons. The van der Waals surface area contributed by atoms with E-state index in [9.17, 15) is 9.59 Å². The highest BCUT2D eigenvalue weighted by Gasteiger charge is 2.11. The highest BCUT2D eigenvalue weighted by atomic mass is 35.5. The molecule has 6 N–H and O–H groups in total. The van der Waals surface area contributed by atoms with Crippen molar-refractivity contribution < 1.29 is 9.59 Å². The average Bonchev–Trinajstić information content (AvgIpc) is 2.49. The first kappa shape index (κ1) is 16.3. The molecule has 0 aliphatic rings. The van der Waals surface area contributed by atoms with Crippen LogP contribution < -0.4 is 22.1 Å². The van der Waals surface area contributed by atoms with Crippen LogP contribution >= 0.6 is 11.6 Å². The van der Waals surface area contributed by atoms with Gasteiger partial charge in [0.1, 0.15) is 0 Å². The van der Waals surface area contributed by atoms with Crippen LogP contribution in [0.2, 0.25) is 5.02 Å². The molecular weight excluding hydrogens is 318 g/mol. The Labute approximate surface area is 137 Å². The highest BCUT2D eigenvalue weighted by Crippen LogP contribution is 2.23. The van der Waals surface area contributed by atoms with E-state index in [1.807, 2.05) is 6.07 Å². The Balaban J connectivity index is 2.14. The van der Waals surface area contributed by atoms with Crippen LogP contribution in [0.25, 0.3) is 0 Å². The molecule has 0 aliphatic carbocycles. The molecule has 0 spiro atoms. The number of hydrogen-bond acceptors (Lipinski definition) is 2. The van der Waals surface area contributed by atoms with Gasteiger partial charge in [-0.3, -0.25) is 4.79 Å². The van der Waals surface area contributed by atoms with Gasteiger partial charge in [0.25, 0.3) is 5.91 Å². The van der Waals surface area contributed by atoms with Crippen LogP contribution in [0.5, 0.6) is 0 Å². The van der Waals surface area contributed by atoms with Crippen molar-refractivity contribution in [3.8, 4) is 0 Å². The number of carbonyl (C=O) groups excluding carboxylic acids is 2. The van der Waals surface area contributed by atoms with Gasteiger partial charge in [0.05, 0.1) is 10.7 Å². The van der Waals surface area contributed by atoms with Crippen molar-refractivity contribution in [1.29, 1.82) is 0 Å². The van der Waals surface area contributed by atoms with E-state index >= 15 is 0 Å². The van der Waals surface area contributed by atoms with Crippen molar-refractivity contribution in [2.45, 2.75) is 0 Å². The molecule has 3 amide bonds. The zero-order valence-corrected chi connectivity index (χ0v) is 12.7. The topological polar surface area (TPSA) is 123 Å². The van der Waals surface area contributed by atoms with Crippen LogP contribution in [0.15, 0.2) is 53.5 Å². The molecule has 2 aromatic rings. The fourth-order valence-corrected chi connectivity index (χ4v) is 1.91. The minimum Gasteiger partial charge on any atom is -0.370 e. The fraction of sp³-hybridized carbons (Fsp3) is 0. The lowest BCUT2D eigenvalue weighted by molar-refractivity contribution is 0.100. The zero-order valence-electron chi connectivity index (χ0n) is 11.9. The van der Waals surface area contributed by atoms with Gasteiger partial charge < -0.3 is 22.1 Å². The van der Waals surface area contributed by atoms with Crippen LogP contribution in [-0.2, 0) is 0 Å². The summed E-state index contributed by atoms with van der Waals surface area (Å²) in [6.07, 6.45) is 0. The Kier molecular flexibility index (Phi) is 5.16. The molecule has 0 aromatic heterocycles. The summed E-state index contributed by atoms with van der Waals surface area (Å²) in [5, 5.41) is 5.47. The molecule has 0 bridgehead atoms. The Morgan fingerprint density at radius 1 is 1.00 bits per heavy atom. The molecule has 0 atom stereocenters. The van der Waals surface area contributed by atoms with Gasteiger partial charge in [-0.2, -0.15) is 4.99 Å². The molecular formula is C15H14ClN5O2. The minimum absolute atomic E-state index is 0.192. The van der Waals surface area contributed by atoms with Crippen molar-refractivity contribution in [3.63, 3.8) is 0 Å². The van der Waals surface area contributed by atoms with Crippen molar-refractivity contribution in [2.75, 3.05) is 10.6 Å². The van der Waals surface area contributed by atoms with Gasteiger partial charge in [0.15, 0.2) is 5.96 Å². The summed E-state index contributed by atoms with van der Waals surface area (Å²) in [5.74, 6) is -0.977. The standard InChI is InChI=1S/C15H14ClN5O2/c16-11-7-6-9(13(22)21-14(17)18)8-12(11)20-15(23)19-10-4-2-1-3-5-10/h1-8H,(H2,19,20,23)(H4,17,18,21,22). The van der Waals surface area contributed by atoms with Crippen molar-refractivity contribution >= 4 is 40.9 Å². The quantitative estimate of drug-likeness (QED) is 0.509. The molecule has 0 saturated carbocycles. The maximum Gasteiger partial charge on any atom is 0.323 e. The first-order valence-corrected chi connectivity index (χ1v) is 6.90. The minimum atomic E-state index is -0.631. The largest absolute Gasteiger partial charge is 0.370 e. The molecule has 2 aromatic carbocycles. The molecule has 0 fully saturated rings. The first-order chi connectivity index (χ1) is 11.0. The number of para-hydroxylation sites is 1. The summed E-state index contributed by atoms with van der Waals surface area (Å²) in [4.78, 5) is 27.2. The number of nitrogens with zero attached hydrogens (tertiary/aromatic N) is 1. The third kappa shape index (κ3) is 4.72. The van der Waals surface area contributed by atoms with E-state index in [-0.39, 0.29) is 22.2 Å². The predicted molar refractivity (Wildman–Crippen MR) is 90.7 cm³/mol. The average molecular weight is 332 g/mol. The second kappa shape index (κ2) is 7.28. The van der Waals surface area contributed by atoms with E-state index in [1.165, 1.54) is 18.2 Å².